The Morgan fingerprint density at radius 3 is 2.43 bits per heavy atom. The van der Waals surface area contributed by atoms with E-state index in [1.165, 1.54) is 0 Å². The molecule has 0 aliphatic carbocycles. The van der Waals surface area contributed by atoms with Crippen molar-refractivity contribution in [3.05, 3.63) is 99.6 Å². The largest absolute Gasteiger partial charge is 0.489 e. The highest BCUT2D eigenvalue weighted by atomic mass is 35.5. The Kier molecular flexibility index (Phi) is 6.90. The van der Waals surface area contributed by atoms with Crippen LogP contribution in [0.3, 0.4) is 0 Å². The molecule has 0 radical (unpaired) electrons. The van der Waals surface area contributed by atoms with Crippen LogP contribution < -0.4 is 10.1 Å². The molecule has 4 nitrogen and oxygen atoms in total. The van der Waals surface area contributed by atoms with Crippen LogP contribution in [0.15, 0.2) is 72.3 Å². The summed E-state index contributed by atoms with van der Waals surface area (Å²) in [5, 5.41) is 12.9. The summed E-state index contributed by atoms with van der Waals surface area (Å²) in [5.41, 5.74) is 4.53. The summed E-state index contributed by atoms with van der Waals surface area (Å²) in [6.07, 6.45) is 1.56. The lowest BCUT2D eigenvalue weighted by Crippen LogP contribution is -2.14. The number of anilines is 1. The second-order valence-electron chi connectivity index (χ2n) is 6.86. The first-order chi connectivity index (χ1) is 14.5. The van der Waals surface area contributed by atoms with Gasteiger partial charge in [0.15, 0.2) is 0 Å². The maximum absolute atomic E-state index is 12.5. The lowest BCUT2D eigenvalue weighted by Gasteiger charge is -2.10. The van der Waals surface area contributed by atoms with Gasteiger partial charge in [-0.2, -0.15) is 5.26 Å². The predicted molar refractivity (Wildman–Crippen MR) is 120 cm³/mol. The van der Waals surface area contributed by atoms with E-state index in [4.69, 9.17) is 16.3 Å². The van der Waals surface area contributed by atoms with Gasteiger partial charge >= 0.3 is 0 Å². The van der Waals surface area contributed by atoms with Crippen molar-refractivity contribution in [3.63, 3.8) is 0 Å². The van der Waals surface area contributed by atoms with Crippen molar-refractivity contribution in [2.45, 2.75) is 20.5 Å². The summed E-state index contributed by atoms with van der Waals surface area (Å²) in [6, 6.07) is 22.3. The smallest absolute Gasteiger partial charge is 0.266 e. The first-order valence-electron chi connectivity index (χ1n) is 9.43. The molecule has 0 aromatic heterocycles. The van der Waals surface area contributed by atoms with E-state index in [0.29, 0.717) is 23.1 Å². The molecule has 0 saturated heterocycles. The number of hydrogen-bond acceptors (Lipinski definition) is 3. The summed E-state index contributed by atoms with van der Waals surface area (Å²) in [5.74, 6) is 0.259. The summed E-state index contributed by atoms with van der Waals surface area (Å²) in [6.45, 7) is 4.33. The number of halogens is 1. The van der Waals surface area contributed by atoms with Gasteiger partial charge in [-0.3, -0.25) is 4.79 Å². The minimum Gasteiger partial charge on any atom is -0.489 e. The minimum absolute atomic E-state index is 0.0331. The highest BCUT2D eigenvalue weighted by Gasteiger charge is 2.11. The molecule has 0 bridgehead atoms. The molecule has 3 aromatic rings. The molecule has 0 atom stereocenters. The quantitative estimate of drug-likeness (QED) is 0.391. The highest BCUT2D eigenvalue weighted by Crippen LogP contribution is 2.20. The van der Waals surface area contributed by atoms with Crippen LogP contribution in [-0.4, -0.2) is 5.91 Å². The average molecular weight is 417 g/mol. The number of carbonyl (C=O) groups excluding carboxylic acids is 1. The summed E-state index contributed by atoms with van der Waals surface area (Å²) < 4.78 is 5.76. The zero-order valence-electron chi connectivity index (χ0n) is 16.8. The van der Waals surface area contributed by atoms with Crippen LogP contribution in [-0.2, 0) is 11.4 Å². The van der Waals surface area contributed by atoms with Crippen LogP contribution in [0.1, 0.15) is 22.3 Å². The molecule has 3 aromatic carbocycles. The average Bonchev–Trinajstić information content (AvgIpc) is 2.75. The van der Waals surface area contributed by atoms with Crippen LogP contribution in [0.5, 0.6) is 5.75 Å². The third-order valence-corrected chi connectivity index (χ3v) is 4.98. The molecule has 0 heterocycles. The molecule has 30 heavy (non-hydrogen) atoms. The van der Waals surface area contributed by atoms with E-state index in [0.717, 1.165) is 22.3 Å². The molecule has 0 spiro atoms. The maximum Gasteiger partial charge on any atom is 0.266 e. The monoisotopic (exact) mass is 416 g/mol. The number of nitrogens with one attached hydrogen (secondary N) is 1. The molecule has 0 aliphatic rings. The summed E-state index contributed by atoms with van der Waals surface area (Å²) in [4.78, 5) is 12.5. The molecule has 0 fully saturated rings. The van der Waals surface area contributed by atoms with Gasteiger partial charge in [0, 0.05) is 10.7 Å². The molecule has 3 rings (SSSR count). The van der Waals surface area contributed by atoms with Crippen molar-refractivity contribution >= 4 is 29.3 Å². The van der Waals surface area contributed by atoms with E-state index in [2.05, 4.69) is 5.32 Å². The fraction of sp³-hybridized carbons (Fsp3) is 0.120. The van der Waals surface area contributed by atoms with Crippen LogP contribution in [0.2, 0.25) is 5.02 Å². The van der Waals surface area contributed by atoms with E-state index in [1.807, 2.05) is 62.4 Å². The van der Waals surface area contributed by atoms with Crippen LogP contribution in [0, 0.1) is 25.2 Å². The fourth-order valence-electron chi connectivity index (χ4n) is 2.80. The Morgan fingerprint density at radius 2 is 1.77 bits per heavy atom. The Balaban J connectivity index is 1.66. The lowest BCUT2D eigenvalue weighted by atomic mass is 10.1. The van der Waals surface area contributed by atoms with Gasteiger partial charge in [-0.05, 0) is 72.5 Å². The van der Waals surface area contributed by atoms with Crippen molar-refractivity contribution in [1.29, 1.82) is 5.26 Å². The van der Waals surface area contributed by atoms with E-state index in [1.54, 1.807) is 30.3 Å². The number of aryl methyl sites for hydroxylation is 1. The number of nitrogens with zero attached hydrogens (tertiary/aromatic N) is 1. The molecule has 1 N–H and O–H groups in total. The van der Waals surface area contributed by atoms with E-state index in [9.17, 15) is 10.1 Å². The standard InChI is InChI=1S/C25H21ClN2O2/c1-17-4-3-5-24(18(17)2)28-25(29)21(15-27)14-19-8-12-23(13-9-19)30-16-20-6-10-22(26)11-7-20/h3-14H,16H2,1-2H3,(H,28,29)/b21-14+. The Hall–Kier alpha value is -3.55. The lowest BCUT2D eigenvalue weighted by molar-refractivity contribution is -0.112. The first-order valence-corrected chi connectivity index (χ1v) is 9.81. The van der Waals surface area contributed by atoms with Gasteiger partial charge in [0.25, 0.3) is 5.91 Å². The number of hydrogen-bond donors (Lipinski definition) is 1. The van der Waals surface area contributed by atoms with Gasteiger partial charge < -0.3 is 10.1 Å². The van der Waals surface area contributed by atoms with Crippen molar-refractivity contribution < 1.29 is 9.53 Å². The van der Waals surface area contributed by atoms with Crippen LogP contribution in [0.25, 0.3) is 6.08 Å². The third kappa shape index (κ3) is 5.50. The van der Waals surface area contributed by atoms with Gasteiger partial charge in [-0.25, -0.2) is 0 Å². The van der Waals surface area contributed by atoms with Gasteiger partial charge in [0.2, 0.25) is 0 Å². The molecule has 0 aliphatic heterocycles. The molecule has 150 valence electrons. The number of carbonyl (C=O) groups is 1. The highest BCUT2D eigenvalue weighted by molar-refractivity contribution is 6.30. The zero-order chi connectivity index (χ0) is 21.5. The SMILES string of the molecule is Cc1cccc(NC(=O)/C(C#N)=C/c2ccc(OCc3ccc(Cl)cc3)cc2)c1C. The number of rotatable bonds is 6. The van der Waals surface area contributed by atoms with Crippen molar-refractivity contribution in [2.75, 3.05) is 5.32 Å². The first kappa shape index (κ1) is 21.2. The second-order valence-corrected chi connectivity index (χ2v) is 7.29. The van der Waals surface area contributed by atoms with Crippen LogP contribution in [0.4, 0.5) is 5.69 Å². The normalized spacial score (nSPS) is 10.9. The van der Waals surface area contributed by atoms with Gasteiger partial charge in [0.1, 0.15) is 24.0 Å². The topological polar surface area (TPSA) is 62.1 Å². The second kappa shape index (κ2) is 9.78. The Morgan fingerprint density at radius 1 is 1.07 bits per heavy atom. The van der Waals surface area contributed by atoms with Gasteiger partial charge in [-0.1, -0.05) is 48.0 Å². The van der Waals surface area contributed by atoms with Crippen molar-refractivity contribution in [3.8, 4) is 11.8 Å². The predicted octanol–water partition coefficient (Wildman–Crippen LogP) is 6.08. The van der Waals surface area contributed by atoms with E-state index >= 15 is 0 Å². The fourth-order valence-corrected chi connectivity index (χ4v) is 2.92. The third-order valence-electron chi connectivity index (χ3n) is 4.73. The van der Waals surface area contributed by atoms with Gasteiger partial charge in [0.05, 0.1) is 0 Å². The number of nitriles is 1. The molecule has 0 saturated carbocycles. The van der Waals surface area contributed by atoms with Gasteiger partial charge in [-0.15, -0.1) is 0 Å². The van der Waals surface area contributed by atoms with E-state index < -0.39 is 5.91 Å². The number of benzene rings is 3. The maximum atomic E-state index is 12.5. The Labute approximate surface area is 181 Å². The number of amides is 1. The molecular formula is C25H21ClN2O2. The Bertz CT molecular complexity index is 1110. The van der Waals surface area contributed by atoms with Crippen molar-refractivity contribution in [2.24, 2.45) is 0 Å². The molecule has 0 unspecified atom stereocenters. The minimum atomic E-state index is -0.436. The van der Waals surface area contributed by atoms with Crippen LogP contribution >= 0.6 is 11.6 Å². The molecule has 5 heteroatoms. The van der Waals surface area contributed by atoms with E-state index in [-0.39, 0.29) is 5.57 Å². The number of ether oxygens (including phenoxy) is 1. The summed E-state index contributed by atoms with van der Waals surface area (Å²) in [7, 11) is 0. The zero-order valence-corrected chi connectivity index (χ0v) is 17.5. The molecule has 1 amide bonds. The summed E-state index contributed by atoms with van der Waals surface area (Å²) >= 11 is 5.88. The molecular weight excluding hydrogens is 396 g/mol. The van der Waals surface area contributed by atoms with Crippen molar-refractivity contribution in [1.82, 2.24) is 0 Å².